The molecule has 0 amide bonds. The van der Waals surface area contributed by atoms with Crippen LogP contribution in [0.3, 0.4) is 0 Å². The maximum Gasteiger partial charge on any atom is 0.181 e. The second-order valence-electron chi connectivity index (χ2n) is 7.40. The Balaban J connectivity index is 1.85. The number of rotatable bonds is 4. The fraction of sp³-hybridized carbons (Fsp3) is 0.261. The number of aromatic nitrogens is 1. The fourth-order valence-electron chi connectivity index (χ4n) is 3.37. The minimum absolute atomic E-state index is 0.365. The molecule has 0 radical (unpaired) electrons. The van der Waals surface area contributed by atoms with E-state index in [4.69, 9.17) is 15.2 Å². The number of benzene rings is 2. The highest BCUT2D eigenvalue weighted by Crippen LogP contribution is 2.46. The molecule has 2 N–H and O–H groups in total. The molecule has 0 unspecified atom stereocenters. The summed E-state index contributed by atoms with van der Waals surface area (Å²) in [6, 6.07) is 12.2. The number of fused-ring (bicyclic) bond motifs is 1. The predicted molar refractivity (Wildman–Crippen MR) is 117 cm³/mol. The van der Waals surface area contributed by atoms with Crippen LogP contribution in [0.5, 0.6) is 11.5 Å². The summed E-state index contributed by atoms with van der Waals surface area (Å²) in [7, 11) is 0. The van der Waals surface area contributed by atoms with Gasteiger partial charge in [0.15, 0.2) is 5.13 Å². The van der Waals surface area contributed by atoms with Crippen molar-refractivity contribution in [2.75, 3.05) is 12.3 Å². The van der Waals surface area contributed by atoms with Crippen LogP contribution in [0.2, 0.25) is 0 Å². The van der Waals surface area contributed by atoms with E-state index in [1.54, 1.807) is 0 Å². The van der Waals surface area contributed by atoms with E-state index in [9.17, 15) is 0 Å². The highest BCUT2D eigenvalue weighted by molar-refractivity contribution is 7.19. The summed E-state index contributed by atoms with van der Waals surface area (Å²) < 4.78 is 11.9. The molecule has 0 spiro atoms. The number of ether oxygens (including phenoxy) is 2. The van der Waals surface area contributed by atoms with E-state index in [0.717, 1.165) is 38.8 Å². The van der Waals surface area contributed by atoms with Crippen LogP contribution in [0, 0.1) is 6.92 Å². The lowest BCUT2D eigenvalue weighted by atomic mass is 9.94. The van der Waals surface area contributed by atoms with Gasteiger partial charge >= 0.3 is 0 Å². The van der Waals surface area contributed by atoms with Crippen molar-refractivity contribution in [3.05, 3.63) is 53.6 Å². The molecule has 1 aliphatic rings. The number of hydrogen-bond donors (Lipinski definition) is 1. The summed E-state index contributed by atoms with van der Waals surface area (Å²) in [5.74, 6) is 1.72. The molecule has 0 fully saturated rings. The van der Waals surface area contributed by atoms with Gasteiger partial charge in [0, 0.05) is 11.1 Å². The summed E-state index contributed by atoms with van der Waals surface area (Å²) in [6.45, 7) is 8.83. The average Bonchev–Trinajstić information content (AvgIpc) is 3.03. The molecule has 2 aromatic carbocycles. The van der Waals surface area contributed by atoms with Crippen molar-refractivity contribution in [1.29, 1.82) is 0 Å². The molecule has 4 nitrogen and oxygen atoms in total. The number of hydrogen-bond acceptors (Lipinski definition) is 5. The highest BCUT2D eigenvalue weighted by atomic mass is 32.1. The molecule has 28 heavy (non-hydrogen) atoms. The van der Waals surface area contributed by atoms with Gasteiger partial charge in [0.2, 0.25) is 0 Å². The molecule has 0 bridgehead atoms. The number of anilines is 1. The van der Waals surface area contributed by atoms with Gasteiger partial charge in [-0.2, -0.15) is 0 Å². The van der Waals surface area contributed by atoms with Gasteiger partial charge in [0.1, 0.15) is 17.1 Å². The molecule has 5 heteroatoms. The third kappa shape index (κ3) is 3.38. The van der Waals surface area contributed by atoms with Crippen LogP contribution < -0.4 is 15.2 Å². The summed E-state index contributed by atoms with van der Waals surface area (Å²) in [4.78, 5) is 5.69. The smallest absolute Gasteiger partial charge is 0.181 e. The van der Waals surface area contributed by atoms with Gasteiger partial charge in [-0.3, -0.25) is 0 Å². The van der Waals surface area contributed by atoms with E-state index in [2.05, 4.69) is 50.0 Å². The SMILES string of the molecule is CCOc1ccc(-c2sc(N)nc2-c2ccc(C)c3c2OC(C)(C)C=C3)cc1. The molecule has 1 aromatic heterocycles. The summed E-state index contributed by atoms with van der Waals surface area (Å²) in [5.41, 5.74) is 10.9. The molecule has 1 aliphatic heterocycles. The molecule has 2 heterocycles. The normalized spacial score (nSPS) is 14.4. The quantitative estimate of drug-likeness (QED) is 0.596. The van der Waals surface area contributed by atoms with Gasteiger partial charge < -0.3 is 15.2 Å². The van der Waals surface area contributed by atoms with Crippen molar-refractivity contribution < 1.29 is 9.47 Å². The van der Waals surface area contributed by atoms with Crippen LogP contribution in [0.4, 0.5) is 5.13 Å². The number of nitrogens with zero attached hydrogens (tertiary/aromatic N) is 1. The largest absolute Gasteiger partial charge is 0.494 e. The average molecular weight is 393 g/mol. The van der Waals surface area contributed by atoms with Crippen LogP contribution in [0.25, 0.3) is 27.8 Å². The first-order chi connectivity index (χ1) is 13.4. The Morgan fingerprint density at radius 1 is 1.14 bits per heavy atom. The molecule has 0 saturated heterocycles. The zero-order valence-electron chi connectivity index (χ0n) is 16.6. The zero-order valence-corrected chi connectivity index (χ0v) is 17.4. The van der Waals surface area contributed by atoms with Crippen LogP contribution in [-0.4, -0.2) is 17.2 Å². The maximum absolute atomic E-state index is 6.35. The molecule has 4 rings (SSSR count). The van der Waals surface area contributed by atoms with Crippen LogP contribution >= 0.6 is 11.3 Å². The van der Waals surface area contributed by atoms with Gasteiger partial charge in [-0.15, -0.1) is 0 Å². The van der Waals surface area contributed by atoms with Crippen LogP contribution in [-0.2, 0) is 0 Å². The topological polar surface area (TPSA) is 57.4 Å². The van der Waals surface area contributed by atoms with Gasteiger partial charge in [-0.05, 0) is 75.2 Å². The minimum atomic E-state index is -0.365. The first-order valence-electron chi connectivity index (χ1n) is 9.40. The summed E-state index contributed by atoms with van der Waals surface area (Å²) >= 11 is 1.49. The lowest BCUT2D eigenvalue weighted by Crippen LogP contribution is -2.28. The van der Waals surface area contributed by atoms with E-state index in [0.29, 0.717) is 11.7 Å². The monoisotopic (exact) mass is 392 g/mol. The second-order valence-corrected chi connectivity index (χ2v) is 8.43. The van der Waals surface area contributed by atoms with Crippen molar-refractivity contribution >= 4 is 22.5 Å². The number of nitrogen functional groups attached to an aromatic ring is 1. The molecular weight excluding hydrogens is 368 g/mol. The molecule has 0 saturated carbocycles. The molecule has 3 aromatic rings. The number of nitrogens with two attached hydrogens (primary N) is 1. The standard InChI is InChI=1S/C23H24N2O2S/c1-5-26-16-9-7-15(8-10-16)21-19(25-22(24)28-21)18-11-6-14(2)17-12-13-23(3,4)27-20(17)18/h6-13H,5H2,1-4H3,(H2,24,25). The van der Waals surface area contributed by atoms with E-state index in [1.165, 1.54) is 16.9 Å². The van der Waals surface area contributed by atoms with E-state index in [1.807, 2.05) is 31.2 Å². The van der Waals surface area contributed by atoms with Gasteiger partial charge in [0.25, 0.3) is 0 Å². The Morgan fingerprint density at radius 2 is 1.89 bits per heavy atom. The van der Waals surface area contributed by atoms with Gasteiger partial charge in [-0.25, -0.2) is 4.98 Å². The highest BCUT2D eigenvalue weighted by Gasteiger charge is 2.27. The number of aryl methyl sites for hydroxylation is 1. The van der Waals surface area contributed by atoms with Crippen molar-refractivity contribution in [2.45, 2.75) is 33.3 Å². The predicted octanol–water partition coefficient (Wildman–Crippen LogP) is 5.95. The Kier molecular flexibility index (Phi) is 4.63. The second kappa shape index (κ2) is 6.99. The zero-order chi connectivity index (χ0) is 19.9. The molecule has 144 valence electrons. The minimum Gasteiger partial charge on any atom is -0.494 e. The fourth-order valence-corrected chi connectivity index (χ4v) is 4.22. The lowest BCUT2D eigenvalue weighted by Gasteiger charge is -2.30. The Morgan fingerprint density at radius 3 is 2.61 bits per heavy atom. The van der Waals surface area contributed by atoms with Crippen molar-refractivity contribution in [2.24, 2.45) is 0 Å². The summed E-state index contributed by atoms with van der Waals surface area (Å²) in [6.07, 6.45) is 4.23. The first-order valence-corrected chi connectivity index (χ1v) is 10.2. The Hall–Kier alpha value is -2.79. The van der Waals surface area contributed by atoms with E-state index >= 15 is 0 Å². The lowest BCUT2D eigenvalue weighted by molar-refractivity contribution is 0.160. The maximum atomic E-state index is 6.35. The van der Waals surface area contributed by atoms with Crippen molar-refractivity contribution in [3.8, 4) is 33.2 Å². The van der Waals surface area contributed by atoms with Crippen molar-refractivity contribution in [1.82, 2.24) is 4.98 Å². The van der Waals surface area contributed by atoms with Crippen LogP contribution in [0.15, 0.2) is 42.5 Å². The molecule has 0 aliphatic carbocycles. The van der Waals surface area contributed by atoms with Crippen LogP contribution in [0.1, 0.15) is 31.9 Å². The van der Waals surface area contributed by atoms with Crippen molar-refractivity contribution in [3.63, 3.8) is 0 Å². The van der Waals surface area contributed by atoms with E-state index < -0.39 is 0 Å². The summed E-state index contributed by atoms with van der Waals surface area (Å²) in [5, 5.41) is 0.541. The van der Waals surface area contributed by atoms with E-state index in [-0.39, 0.29) is 5.60 Å². The first kappa shape index (κ1) is 18.6. The third-order valence-electron chi connectivity index (χ3n) is 4.76. The Bertz CT molecular complexity index is 1050. The molecular formula is C23H24N2O2S. The number of thiazole rings is 1. The van der Waals surface area contributed by atoms with Gasteiger partial charge in [-0.1, -0.05) is 23.5 Å². The van der Waals surface area contributed by atoms with Gasteiger partial charge in [0.05, 0.1) is 17.2 Å². The molecule has 0 atom stereocenters. The third-order valence-corrected chi connectivity index (χ3v) is 5.69. The Labute approximate surface area is 169 Å².